The van der Waals surface area contributed by atoms with Crippen LogP contribution in [0, 0.1) is 6.92 Å². The Morgan fingerprint density at radius 1 is 1.10 bits per heavy atom. The summed E-state index contributed by atoms with van der Waals surface area (Å²) in [5.74, 6) is 0.408. The molecule has 1 saturated carbocycles. The number of aromatic nitrogens is 6. The van der Waals surface area contributed by atoms with E-state index in [1.54, 1.807) is 25.6 Å². The second kappa shape index (κ2) is 8.58. The number of fused-ring (bicyclic) bond motifs is 2. The molecule has 0 spiro atoms. The molecule has 1 aliphatic carbocycles. The number of hydrogen-bond donors (Lipinski definition) is 3. The highest BCUT2D eigenvalue weighted by atomic mass is 16.3. The van der Waals surface area contributed by atoms with E-state index in [2.05, 4.69) is 30.2 Å². The zero-order chi connectivity index (χ0) is 21.1. The third-order valence-electron chi connectivity index (χ3n) is 5.30. The number of imidazole rings is 1. The molecule has 0 bridgehead atoms. The summed E-state index contributed by atoms with van der Waals surface area (Å²) in [5, 5.41) is 12.1. The third-order valence-corrected chi connectivity index (χ3v) is 5.30. The van der Waals surface area contributed by atoms with E-state index < -0.39 is 0 Å². The molecular weight excluding hydrogens is 382 g/mol. The number of aliphatic hydroxyl groups excluding tert-OH is 1. The molecule has 1 fully saturated rings. The van der Waals surface area contributed by atoms with Gasteiger partial charge in [0.05, 0.1) is 23.3 Å². The highest BCUT2D eigenvalue weighted by molar-refractivity contribution is 5.81. The summed E-state index contributed by atoms with van der Waals surface area (Å²) in [6, 6.07) is 3.85. The normalized spacial score (nSPS) is 14.5. The lowest BCUT2D eigenvalue weighted by molar-refractivity contribution is 0.130. The number of nitrogens with one attached hydrogen (secondary N) is 2. The molecule has 30 heavy (non-hydrogen) atoms. The molecule has 5 rings (SSSR count). The van der Waals surface area contributed by atoms with E-state index in [0.717, 1.165) is 35.1 Å². The summed E-state index contributed by atoms with van der Waals surface area (Å²) < 4.78 is 1.47. The molecule has 4 aromatic rings. The van der Waals surface area contributed by atoms with Crippen LogP contribution in [0.15, 0.2) is 35.5 Å². The average molecular weight is 407 g/mol. The van der Waals surface area contributed by atoms with Crippen molar-refractivity contribution in [3.8, 4) is 0 Å². The van der Waals surface area contributed by atoms with E-state index in [-0.39, 0.29) is 11.8 Å². The first-order valence-electron chi connectivity index (χ1n) is 10.1. The van der Waals surface area contributed by atoms with Crippen LogP contribution in [0.25, 0.3) is 22.2 Å². The number of rotatable bonds is 2. The van der Waals surface area contributed by atoms with Gasteiger partial charge in [-0.25, -0.2) is 9.78 Å². The summed E-state index contributed by atoms with van der Waals surface area (Å²) in [5.41, 5.74) is 4.39. The molecule has 0 atom stereocenters. The van der Waals surface area contributed by atoms with Crippen LogP contribution in [-0.4, -0.2) is 40.7 Å². The van der Waals surface area contributed by atoms with Gasteiger partial charge in [-0.05, 0) is 37.5 Å². The fraction of sp³-hybridized carbons (Fsp3) is 0.381. The highest BCUT2D eigenvalue weighted by Gasteiger charge is 2.09. The summed E-state index contributed by atoms with van der Waals surface area (Å²) in [4.78, 5) is 31.5. The first kappa shape index (κ1) is 20.0. The van der Waals surface area contributed by atoms with E-state index in [0.29, 0.717) is 17.1 Å². The molecule has 1 aliphatic rings. The second-order valence-electron chi connectivity index (χ2n) is 7.55. The minimum atomic E-state index is -0.219. The van der Waals surface area contributed by atoms with Crippen LogP contribution in [0.2, 0.25) is 0 Å². The Labute approximate surface area is 173 Å². The van der Waals surface area contributed by atoms with Gasteiger partial charge in [-0.3, -0.25) is 19.5 Å². The summed E-state index contributed by atoms with van der Waals surface area (Å²) in [6.07, 6.45) is 10.8. The van der Waals surface area contributed by atoms with Crippen molar-refractivity contribution in [1.82, 2.24) is 29.5 Å². The third kappa shape index (κ3) is 4.30. The summed E-state index contributed by atoms with van der Waals surface area (Å²) in [6.45, 7) is 1.97. The summed E-state index contributed by atoms with van der Waals surface area (Å²) >= 11 is 0. The Bertz CT molecular complexity index is 1230. The minimum Gasteiger partial charge on any atom is -0.393 e. The molecule has 0 amide bonds. The lowest BCUT2D eigenvalue weighted by atomic mass is 9.98. The number of nitrogens with zero attached hydrogens (tertiary/aromatic N) is 5. The molecule has 0 unspecified atom stereocenters. The van der Waals surface area contributed by atoms with E-state index >= 15 is 0 Å². The average Bonchev–Trinajstić information content (AvgIpc) is 3.03. The lowest BCUT2D eigenvalue weighted by Gasteiger charge is -2.14. The molecule has 9 heteroatoms. The molecule has 0 radical (unpaired) electrons. The Morgan fingerprint density at radius 2 is 1.80 bits per heavy atom. The number of aryl methyl sites for hydroxylation is 2. The van der Waals surface area contributed by atoms with E-state index in [9.17, 15) is 4.79 Å². The van der Waals surface area contributed by atoms with Gasteiger partial charge in [0, 0.05) is 25.1 Å². The number of anilines is 2. The standard InChI is InChI=1S/C15H13N7O.C6H12O/c1-8-5-10-11(17-4-3-16-10)6-9(8)19-14-18-7-12-13(20-14)21-15(23)22(12)2;7-6-4-2-1-3-5-6/h3-7H,1-2H3,(H2,18,19,20,21,23);6-7H,1-5H2. The van der Waals surface area contributed by atoms with Crippen LogP contribution < -0.4 is 11.0 Å². The number of aromatic amines is 1. The van der Waals surface area contributed by atoms with E-state index in [1.807, 2.05) is 19.1 Å². The van der Waals surface area contributed by atoms with Gasteiger partial charge in [-0.1, -0.05) is 19.3 Å². The van der Waals surface area contributed by atoms with E-state index in [4.69, 9.17) is 5.11 Å². The zero-order valence-electron chi connectivity index (χ0n) is 17.1. The second-order valence-corrected chi connectivity index (χ2v) is 7.55. The van der Waals surface area contributed by atoms with Crippen LogP contribution in [0.4, 0.5) is 11.6 Å². The number of H-pyrrole nitrogens is 1. The van der Waals surface area contributed by atoms with Crippen LogP contribution in [0.5, 0.6) is 0 Å². The molecule has 1 aromatic carbocycles. The van der Waals surface area contributed by atoms with E-state index in [1.165, 1.54) is 23.8 Å². The van der Waals surface area contributed by atoms with Crippen molar-refractivity contribution in [2.24, 2.45) is 7.05 Å². The SMILES string of the molecule is Cc1cc2nccnc2cc1Nc1ncc2c(n1)[nH]c(=O)n2C.OC1CCCCC1. The predicted octanol–water partition coefficient (Wildman–Crippen LogP) is 2.96. The maximum atomic E-state index is 11.6. The number of aliphatic hydroxyl groups is 1. The minimum absolute atomic E-state index is 0.0359. The van der Waals surface area contributed by atoms with Gasteiger partial charge in [0.25, 0.3) is 0 Å². The molecule has 3 aromatic heterocycles. The Kier molecular flexibility index (Phi) is 5.71. The first-order chi connectivity index (χ1) is 14.5. The van der Waals surface area contributed by atoms with Crippen LogP contribution in [-0.2, 0) is 7.05 Å². The van der Waals surface area contributed by atoms with Crippen molar-refractivity contribution in [2.75, 3.05) is 5.32 Å². The van der Waals surface area contributed by atoms with Gasteiger partial charge in [-0.15, -0.1) is 0 Å². The number of hydrogen-bond acceptors (Lipinski definition) is 7. The smallest absolute Gasteiger partial charge is 0.327 e. The maximum Gasteiger partial charge on any atom is 0.327 e. The Hall–Kier alpha value is -3.33. The monoisotopic (exact) mass is 407 g/mol. The van der Waals surface area contributed by atoms with Crippen molar-refractivity contribution < 1.29 is 5.11 Å². The van der Waals surface area contributed by atoms with Crippen LogP contribution in [0.3, 0.4) is 0 Å². The first-order valence-corrected chi connectivity index (χ1v) is 10.1. The Morgan fingerprint density at radius 3 is 2.47 bits per heavy atom. The molecule has 3 N–H and O–H groups in total. The molecule has 0 saturated heterocycles. The molecule has 9 nitrogen and oxygen atoms in total. The topological polar surface area (TPSA) is 122 Å². The van der Waals surface area contributed by atoms with Crippen molar-refractivity contribution in [1.29, 1.82) is 0 Å². The van der Waals surface area contributed by atoms with Gasteiger partial charge < -0.3 is 10.4 Å². The number of benzene rings is 1. The van der Waals surface area contributed by atoms with Crippen molar-refractivity contribution in [2.45, 2.75) is 45.1 Å². The van der Waals surface area contributed by atoms with Crippen LogP contribution in [0.1, 0.15) is 37.7 Å². The van der Waals surface area contributed by atoms with Crippen molar-refractivity contribution >= 4 is 33.8 Å². The fourth-order valence-corrected chi connectivity index (χ4v) is 3.52. The van der Waals surface area contributed by atoms with Gasteiger partial charge in [-0.2, -0.15) is 4.98 Å². The largest absolute Gasteiger partial charge is 0.393 e. The zero-order valence-corrected chi connectivity index (χ0v) is 17.1. The van der Waals surface area contributed by atoms with Crippen LogP contribution >= 0.6 is 0 Å². The van der Waals surface area contributed by atoms with Gasteiger partial charge >= 0.3 is 5.69 Å². The molecule has 3 heterocycles. The fourth-order valence-electron chi connectivity index (χ4n) is 3.52. The highest BCUT2D eigenvalue weighted by Crippen LogP contribution is 2.23. The molecule has 156 valence electrons. The van der Waals surface area contributed by atoms with Gasteiger partial charge in [0.15, 0.2) is 5.65 Å². The quantitative estimate of drug-likeness (QED) is 0.467. The molecular formula is C21H25N7O2. The van der Waals surface area contributed by atoms with Crippen molar-refractivity contribution in [3.05, 3.63) is 46.8 Å². The van der Waals surface area contributed by atoms with Gasteiger partial charge in [0.2, 0.25) is 5.95 Å². The summed E-state index contributed by atoms with van der Waals surface area (Å²) in [7, 11) is 1.67. The van der Waals surface area contributed by atoms with Crippen molar-refractivity contribution in [3.63, 3.8) is 0 Å². The Balaban J connectivity index is 0.000000265. The molecule has 0 aliphatic heterocycles. The lowest BCUT2D eigenvalue weighted by Crippen LogP contribution is -2.11. The maximum absolute atomic E-state index is 11.6. The van der Waals surface area contributed by atoms with Gasteiger partial charge in [0.1, 0.15) is 5.52 Å². The predicted molar refractivity (Wildman–Crippen MR) is 116 cm³/mol.